The molecule has 0 aromatic carbocycles. The zero-order valence-electron chi connectivity index (χ0n) is 10.9. The van der Waals surface area contributed by atoms with Crippen LogP contribution in [0.2, 0.25) is 0 Å². The van der Waals surface area contributed by atoms with E-state index in [2.05, 4.69) is 5.16 Å². The lowest BCUT2D eigenvalue weighted by atomic mass is 9.99. The fourth-order valence-corrected chi connectivity index (χ4v) is 5.07. The van der Waals surface area contributed by atoms with Crippen molar-refractivity contribution in [1.29, 1.82) is 0 Å². The second-order valence-corrected chi connectivity index (χ2v) is 7.62. The van der Waals surface area contributed by atoms with Gasteiger partial charge >= 0.3 is 0 Å². The summed E-state index contributed by atoms with van der Waals surface area (Å²) < 4.78 is 26.6. The number of hydrogen-bond acceptors (Lipinski definition) is 4. The van der Waals surface area contributed by atoms with Gasteiger partial charge in [-0.15, -0.1) is 0 Å². The molecule has 6 heteroatoms. The summed E-state index contributed by atoms with van der Waals surface area (Å²) in [4.78, 5) is 0. The maximum Gasteiger partial charge on any atom is 0.217 e. The normalized spacial score (nSPS) is 30.7. The van der Waals surface area contributed by atoms with Crippen molar-refractivity contribution in [2.45, 2.75) is 50.7 Å². The minimum absolute atomic E-state index is 0.0158. The first-order valence-electron chi connectivity index (χ1n) is 6.75. The lowest BCUT2D eigenvalue weighted by molar-refractivity contribution is 0.298. The third-order valence-corrected chi connectivity index (χ3v) is 6.49. The fraction of sp³-hybridized carbons (Fsp3) is 0.917. The maximum absolute atomic E-state index is 12.5. The molecule has 0 amide bonds. The predicted octanol–water partition coefficient (Wildman–Crippen LogP) is 1.82. The Balaban J connectivity index is 2.07. The van der Waals surface area contributed by atoms with Crippen molar-refractivity contribution < 1.29 is 13.6 Å². The van der Waals surface area contributed by atoms with Gasteiger partial charge in [0.15, 0.2) is 0 Å². The summed E-state index contributed by atoms with van der Waals surface area (Å²) in [6.45, 7) is 2.83. The maximum atomic E-state index is 12.5. The first-order chi connectivity index (χ1) is 8.55. The molecule has 0 radical (unpaired) electrons. The Morgan fingerprint density at radius 3 is 2.50 bits per heavy atom. The molecule has 0 aromatic rings. The first kappa shape index (κ1) is 13.8. The van der Waals surface area contributed by atoms with E-state index < -0.39 is 10.0 Å². The quantitative estimate of drug-likeness (QED) is 0.617. The molecule has 1 atom stereocenters. The number of sulfonamides is 1. The molecule has 1 N–H and O–H groups in total. The van der Waals surface area contributed by atoms with Crippen molar-refractivity contribution in [3.05, 3.63) is 0 Å². The molecule has 2 aliphatic rings. The van der Waals surface area contributed by atoms with Crippen LogP contribution in [-0.4, -0.2) is 42.0 Å². The van der Waals surface area contributed by atoms with E-state index in [4.69, 9.17) is 5.21 Å². The van der Waals surface area contributed by atoms with Gasteiger partial charge in [0.1, 0.15) is 0 Å². The van der Waals surface area contributed by atoms with Crippen molar-refractivity contribution in [2.24, 2.45) is 11.1 Å². The lowest BCUT2D eigenvalue weighted by Gasteiger charge is -2.34. The Labute approximate surface area is 109 Å². The third kappa shape index (κ3) is 2.69. The molecule has 0 spiro atoms. The van der Waals surface area contributed by atoms with Crippen LogP contribution < -0.4 is 0 Å². The van der Waals surface area contributed by atoms with Crippen LogP contribution in [0.3, 0.4) is 0 Å². The number of oxime groups is 1. The Bertz CT molecular complexity index is 413. The molecule has 1 saturated carbocycles. The summed E-state index contributed by atoms with van der Waals surface area (Å²) in [6, 6.07) is 0. The minimum atomic E-state index is -3.15. The van der Waals surface area contributed by atoms with Crippen molar-refractivity contribution in [3.63, 3.8) is 0 Å². The van der Waals surface area contributed by atoms with Crippen LogP contribution >= 0.6 is 0 Å². The lowest BCUT2D eigenvalue weighted by Crippen LogP contribution is -2.47. The molecule has 5 nitrogen and oxygen atoms in total. The molecule has 0 bridgehead atoms. The van der Waals surface area contributed by atoms with Gasteiger partial charge in [-0.05, 0) is 12.8 Å². The molecule has 1 aliphatic heterocycles. The highest BCUT2D eigenvalue weighted by Gasteiger charge is 2.36. The molecule has 2 fully saturated rings. The van der Waals surface area contributed by atoms with Gasteiger partial charge in [-0.2, -0.15) is 0 Å². The predicted molar refractivity (Wildman–Crippen MR) is 70.4 cm³/mol. The summed E-state index contributed by atoms with van der Waals surface area (Å²) in [6.07, 6.45) is 5.35. The molecule has 1 saturated heterocycles. The topological polar surface area (TPSA) is 70.0 Å². The molecular formula is C12H22N2O3S. The van der Waals surface area contributed by atoms with Gasteiger partial charge in [-0.3, -0.25) is 0 Å². The summed E-state index contributed by atoms with van der Waals surface area (Å²) in [5, 5.41) is 11.9. The highest BCUT2D eigenvalue weighted by molar-refractivity contribution is 7.89. The summed E-state index contributed by atoms with van der Waals surface area (Å²) in [5.74, 6) is 0.0158. The van der Waals surface area contributed by atoms with Crippen LogP contribution in [0.1, 0.15) is 45.4 Å². The van der Waals surface area contributed by atoms with Gasteiger partial charge in [-0.25, -0.2) is 12.7 Å². The smallest absolute Gasteiger partial charge is 0.217 e. The van der Waals surface area contributed by atoms with Crippen LogP contribution in [0.15, 0.2) is 5.16 Å². The number of rotatable bonds is 2. The molecule has 2 rings (SSSR count). The van der Waals surface area contributed by atoms with Gasteiger partial charge < -0.3 is 5.21 Å². The van der Waals surface area contributed by atoms with Crippen LogP contribution in [-0.2, 0) is 10.0 Å². The van der Waals surface area contributed by atoms with E-state index in [-0.39, 0.29) is 11.2 Å². The van der Waals surface area contributed by atoms with E-state index in [1.807, 2.05) is 6.92 Å². The average Bonchev–Trinajstić information content (AvgIpc) is 2.39. The molecule has 18 heavy (non-hydrogen) atoms. The summed E-state index contributed by atoms with van der Waals surface area (Å²) >= 11 is 0. The summed E-state index contributed by atoms with van der Waals surface area (Å²) in [5.41, 5.74) is 0.713. The van der Waals surface area contributed by atoms with E-state index in [9.17, 15) is 8.42 Å². The Morgan fingerprint density at radius 2 is 1.94 bits per heavy atom. The van der Waals surface area contributed by atoms with Gasteiger partial charge in [0.05, 0.1) is 11.0 Å². The Hall–Kier alpha value is -0.620. The van der Waals surface area contributed by atoms with E-state index in [0.717, 1.165) is 32.1 Å². The molecular weight excluding hydrogens is 252 g/mol. The van der Waals surface area contributed by atoms with E-state index in [0.29, 0.717) is 25.2 Å². The van der Waals surface area contributed by atoms with Gasteiger partial charge in [0, 0.05) is 25.4 Å². The molecule has 1 unspecified atom stereocenters. The minimum Gasteiger partial charge on any atom is -0.411 e. The Kier molecular flexibility index (Phi) is 4.27. The van der Waals surface area contributed by atoms with Crippen molar-refractivity contribution in [3.8, 4) is 0 Å². The molecule has 1 heterocycles. The van der Waals surface area contributed by atoms with Gasteiger partial charge in [0.2, 0.25) is 10.0 Å². The second-order valence-electron chi connectivity index (χ2n) is 5.41. The SMILES string of the molecule is CC1CN(S(=O)(=O)C2CCCCC2)CCC1=NO. The zero-order valence-corrected chi connectivity index (χ0v) is 11.7. The van der Waals surface area contributed by atoms with Gasteiger partial charge in [-0.1, -0.05) is 31.3 Å². The van der Waals surface area contributed by atoms with Crippen LogP contribution in [0.25, 0.3) is 0 Å². The number of hydrogen-bond donors (Lipinski definition) is 1. The monoisotopic (exact) mass is 274 g/mol. The largest absolute Gasteiger partial charge is 0.411 e. The highest BCUT2D eigenvalue weighted by Crippen LogP contribution is 2.28. The molecule has 0 aromatic heterocycles. The molecule has 1 aliphatic carbocycles. The van der Waals surface area contributed by atoms with Gasteiger partial charge in [0.25, 0.3) is 0 Å². The van der Waals surface area contributed by atoms with Crippen LogP contribution in [0, 0.1) is 5.92 Å². The third-order valence-electron chi connectivity index (χ3n) is 4.13. The van der Waals surface area contributed by atoms with Crippen molar-refractivity contribution in [2.75, 3.05) is 13.1 Å². The average molecular weight is 274 g/mol. The van der Waals surface area contributed by atoms with Crippen molar-refractivity contribution >= 4 is 15.7 Å². The highest BCUT2D eigenvalue weighted by atomic mass is 32.2. The van der Waals surface area contributed by atoms with E-state index >= 15 is 0 Å². The molecule has 104 valence electrons. The van der Waals surface area contributed by atoms with E-state index in [1.165, 1.54) is 0 Å². The van der Waals surface area contributed by atoms with Crippen LogP contribution in [0.4, 0.5) is 0 Å². The van der Waals surface area contributed by atoms with Crippen molar-refractivity contribution in [1.82, 2.24) is 4.31 Å². The second kappa shape index (κ2) is 5.57. The number of piperidine rings is 1. The number of nitrogens with zero attached hydrogens (tertiary/aromatic N) is 2. The van der Waals surface area contributed by atoms with Crippen LogP contribution in [0.5, 0.6) is 0 Å². The van der Waals surface area contributed by atoms with E-state index in [1.54, 1.807) is 4.31 Å². The Morgan fingerprint density at radius 1 is 1.28 bits per heavy atom. The fourth-order valence-electron chi connectivity index (χ4n) is 2.94. The zero-order chi connectivity index (χ0) is 13.2. The summed E-state index contributed by atoms with van der Waals surface area (Å²) in [7, 11) is -3.15. The first-order valence-corrected chi connectivity index (χ1v) is 8.26. The standard InChI is InChI=1S/C12H22N2O3S/c1-10-9-14(8-7-12(10)13-15)18(16,17)11-5-3-2-4-6-11/h10-11,15H,2-9H2,1H3.